The van der Waals surface area contributed by atoms with Crippen LogP contribution in [0.1, 0.15) is 26.3 Å². The van der Waals surface area contributed by atoms with E-state index in [-0.39, 0.29) is 18.7 Å². The highest BCUT2D eigenvalue weighted by molar-refractivity contribution is 6.21. The third kappa shape index (κ3) is 3.76. The number of amides is 2. The zero-order chi connectivity index (χ0) is 20.1. The average Bonchev–Trinajstić information content (AvgIpc) is 2.97. The molecule has 0 unspecified atom stereocenters. The Labute approximate surface area is 161 Å². The average molecular weight is 376 g/mol. The largest absolute Gasteiger partial charge is 0.497 e. The minimum Gasteiger partial charge on any atom is -0.497 e. The molecule has 0 aromatic heterocycles. The van der Waals surface area contributed by atoms with Crippen molar-refractivity contribution >= 4 is 23.9 Å². The Morgan fingerprint density at radius 1 is 1.11 bits per heavy atom. The smallest absolute Gasteiger partial charge is 0.348 e. The van der Waals surface area contributed by atoms with E-state index in [0.29, 0.717) is 22.4 Å². The quantitative estimate of drug-likeness (QED) is 0.332. The number of nitriles is 1. The van der Waals surface area contributed by atoms with Crippen LogP contribution in [0.25, 0.3) is 6.08 Å². The van der Waals surface area contributed by atoms with E-state index in [2.05, 4.69) is 0 Å². The summed E-state index contributed by atoms with van der Waals surface area (Å²) in [6, 6.07) is 15.2. The summed E-state index contributed by atoms with van der Waals surface area (Å²) in [4.78, 5) is 37.7. The summed E-state index contributed by atoms with van der Waals surface area (Å²) >= 11 is 0. The van der Waals surface area contributed by atoms with Gasteiger partial charge >= 0.3 is 5.97 Å². The third-order valence-electron chi connectivity index (χ3n) is 4.17. The van der Waals surface area contributed by atoms with Crippen LogP contribution in [0.5, 0.6) is 5.75 Å². The molecule has 7 heteroatoms. The molecule has 0 saturated heterocycles. The molecule has 140 valence electrons. The fraction of sp³-hybridized carbons (Fsp3) is 0.143. The highest BCUT2D eigenvalue weighted by atomic mass is 16.5. The molecular formula is C21H16N2O5. The Balaban J connectivity index is 1.62. The van der Waals surface area contributed by atoms with E-state index < -0.39 is 17.8 Å². The number of nitrogens with zero attached hydrogens (tertiary/aromatic N) is 2. The number of carbonyl (C=O) groups is 3. The van der Waals surface area contributed by atoms with E-state index >= 15 is 0 Å². The van der Waals surface area contributed by atoms with Crippen LogP contribution in [0, 0.1) is 11.3 Å². The van der Waals surface area contributed by atoms with Gasteiger partial charge in [-0.2, -0.15) is 5.26 Å². The molecule has 0 aliphatic carbocycles. The number of carbonyl (C=O) groups excluding carboxylic acids is 3. The minimum absolute atomic E-state index is 0.0873. The molecule has 1 heterocycles. The van der Waals surface area contributed by atoms with Crippen molar-refractivity contribution in [3.63, 3.8) is 0 Å². The number of ether oxygens (including phenoxy) is 2. The summed E-state index contributed by atoms with van der Waals surface area (Å²) < 4.78 is 10.2. The van der Waals surface area contributed by atoms with Gasteiger partial charge in [-0.3, -0.25) is 14.5 Å². The first-order chi connectivity index (χ1) is 13.5. The molecular weight excluding hydrogens is 360 g/mol. The van der Waals surface area contributed by atoms with Gasteiger partial charge in [0.1, 0.15) is 24.0 Å². The molecule has 0 saturated carbocycles. The highest BCUT2D eigenvalue weighted by Gasteiger charge is 2.34. The molecule has 0 radical (unpaired) electrons. The van der Waals surface area contributed by atoms with Crippen molar-refractivity contribution in [2.45, 2.75) is 0 Å². The van der Waals surface area contributed by atoms with Crippen molar-refractivity contribution in [2.75, 3.05) is 20.3 Å². The maximum Gasteiger partial charge on any atom is 0.348 e. The molecule has 28 heavy (non-hydrogen) atoms. The van der Waals surface area contributed by atoms with Crippen LogP contribution in [0.3, 0.4) is 0 Å². The lowest BCUT2D eigenvalue weighted by Crippen LogP contribution is -2.33. The third-order valence-corrected chi connectivity index (χ3v) is 4.17. The Morgan fingerprint density at radius 2 is 1.79 bits per heavy atom. The number of hydrogen-bond donors (Lipinski definition) is 0. The summed E-state index contributed by atoms with van der Waals surface area (Å²) in [7, 11) is 1.52. The van der Waals surface area contributed by atoms with Gasteiger partial charge in [0.2, 0.25) is 0 Å². The van der Waals surface area contributed by atoms with E-state index in [1.165, 1.54) is 13.2 Å². The van der Waals surface area contributed by atoms with Crippen molar-refractivity contribution in [1.82, 2.24) is 4.90 Å². The summed E-state index contributed by atoms with van der Waals surface area (Å²) in [5, 5.41) is 9.23. The number of methoxy groups -OCH3 is 1. The zero-order valence-corrected chi connectivity index (χ0v) is 15.0. The number of rotatable bonds is 6. The second-order valence-electron chi connectivity index (χ2n) is 5.89. The van der Waals surface area contributed by atoms with Crippen LogP contribution >= 0.6 is 0 Å². The van der Waals surface area contributed by atoms with Crippen LogP contribution < -0.4 is 4.74 Å². The predicted molar refractivity (Wildman–Crippen MR) is 99.4 cm³/mol. The molecule has 1 aliphatic rings. The van der Waals surface area contributed by atoms with Crippen molar-refractivity contribution in [2.24, 2.45) is 0 Å². The van der Waals surface area contributed by atoms with Crippen molar-refractivity contribution in [1.29, 1.82) is 5.26 Å². The molecule has 0 N–H and O–H groups in total. The minimum atomic E-state index is -0.832. The molecule has 2 aromatic rings. The second-order valence-corrected chi connectivity index (χ2v) is 5.89. The van der Waals surface area contributed by atoms with Crippen LogP contribution in [0.15, 0.2) is 54.1 Å². The predicted octanol–water partition coefficient (Wildman–Crippen LogP) is 2.44. The standard InChI is InChI=1S/C21H16N2O5/c1-27-16-6-4-5-14(12-16)11-15(13-22)21(26)28-10-9-23-19(24)17-7-2-3-8-18(17)20(23)25/h2-8,11-12H,9-10H2,1H3/b15-11+. The van der Waals surface area contributed by atoms with Gasteiger partial charge in [-0.05, 0) is 35.9 Å². The van der Waals surface area contributed by atoms with E-state index in [4.69, 9.17) is 9.47 Å². The lowest BCUT2D eigenvalue weighted by Gasteiger charge is -2.13. The first kappa shape index (κ1) is 18.9. The summed E-state index contributed by atoms with van der Waals surface area (Å²) in [6.07, 6.45) is 1.38. The first-order valence-electron chi connectivity index (χ1n) is 8.43. The van der Waals surface area contributed by atoms with Gasteiger partial charge in [0.05, 0.1) is 24.8 Å². The van der Waals surface area contributed by atoms with Crippen molar-refractivity contribution in [3.8, 4) is 11.8 Å². The van der Waals surface area contributed by atoms with Crippen LogP contribution in [-0.4, -0.2) is 42.9 Å². The molecule has 1 aliphatic heterocycles. The SMILES string of the molecule is COc1cccc(/C=C(\C#N)C(=O)OCCN2C(=O)c3ccccc3C2=O)c1. The first-order valence-corrected chi connectivity index (χ1v) is 8.43. The molecule has 2 aromatic carbocycles. The van der Waals surface area contributed by atoms with Crippen LogP contribution in [0.4, 0.5) is 0 Å². The van der Waals surface area contributed by atoms with E-state index in [0.717, 1.165) is 4.90 Å². The number of esters is 1. The number of imide groups is 1. The van der Waals surface area contributed by atoms with Gasteiger partial charge in [-0.15, -0.1) is 0 Å². The summed E-state index contributed by atoms with van der Waals surface area (Å²) in [5.41, 5.74) is 1.06. The highest BCUT2D eigenvalue weighted by Crippen LogP contribution is 2.22. The second kappa shape index (κ2) is 8.18. The lowest BCUT2D eigenvalue weighted by atomic mass is 10.1. The molecule has 0 spiro atoms. The fourth-order valence-electron chi connectivity index (χ4n) is 2.78. The van der Waals surface area contributed by atoms with Gasteiger partial charge in [0.25, 0.3) is 11.8 Å². The normalized spacial score (nSPS) is 13.1. The number of benzene rings is 2. The van der Waals surface area contributed by atoms with E-state index in [1.54, 1.807) is 54.6 Å². The van der Waals surface area contributed by atoms with E-state index in [1.807, 2.05) is 0 Å². The zero-order valence-electron chi connectivity index (χ0n) is 15.0. The molecule has 7 nitrogen and oxygen atoms in total. The molecule has 3 rings (SSSR count). The Morgan fingerprint density at radius 3 is 2.39 bits per heavy atom. The molecule has 0 fully saturated rings. The van der Waals surface area contributed by atoms with Gasteiger partial charge in [0.15, 0.2) is 0 Å². The fourth-order valence-corrected chi connectivity index (χ4v) is 2.78. The van der Waals surface area contributed by atoms with Crippen LogP contribution in [-0.2, 0) is 9.53 Å². The molecule has 0 atom stereocenters. The monoisotopic (exact) mass is 376 g/mol. The van der Waals surface area contributed by atoms with Gasteiger partial charge in [-0.1, -0.05) is 24.3 Å². The Kier molecular flexibility index (Phi) is 5.51. The molecule has 0 bridgehead atoms. The Bertz CT molecular complexity index is 984. The summed E-state index contributed by atoms with van der Waals surface area (Å²) in [6.45, 7) is -0.294. The van der Waals surface area contributed by atoms with Gasteiger partial charge in [-0.25, -0.2) is 4.79 Å². The lowest BCUT2D eigenvalue weighted by molar-refractivity contribution is -0.138. The number of hydrogen-bond acceptors (Lipinski definition) is 6. The maximum atomic E-state index is 12.3. The molecule has 2 amide bonds. The summed E-state index contributed by atoms with van der Waals surface area (Å²) in [5.74, 6) is -1.10. The van der Waals surface area contributed by atoms with Gasteiger partial charge < -0.3 is 9.47 Å². The topological polar surface area (TPSA) is 96.7 Å². The van der Waals surface area contributed by atoms with Crippen molar-refractivity contribution in [3.05, 3.63) is 70.8 Å². The van der Waals surface area contributed by atoms with Crippen LogP contribution in [0.2, 0.25) is 0 Å². The van der Waals surface area contributed by atoms with Crippen molar-refractivity contribution < 1.29 is 23.9 Å². The Hall–Kier alpha value is -3.92. The van der Waals surface area contributed by atoms with E-state index in [9.17, 15) is 19.6 Å². The van der Waals surface area contributed by atoms with Gasteiger partial charge in [0, 0.05) is 0 Å². The number of fused-ring (bicyclic) bond motifs is 1. The maximum absolute atomic E-state index is 12.3.